The molecule has 0 radical (unpaired) electrons. The second-order valence-corrected chi connectivity index (χ2v) is 9.99. The molecule has 0 aromatic carbocycles. The molecule has 12 nitrogen and oxygen atoms in total. The number of morpholine rings is 1. The molecule has 5 aromatic heterocycles. The van der Waals surface area contributed by atoms with Gasteiger partial charge in [-0.2, -0.15) is 28.5 Å². The second-order valence-electron chi connectivity index (χ2n) is 9.99. The number of ether oxygens (including phenoxy) is 2. The average molecular weight is 594 g/mol. The largest absolute Gasteiger partial charge is 0.450 e. The summed E-state index contributed by atoms with van der Waals surface area (Å²) in [5, 5.41) is 17.0. The van der Waals surface area contributed by atoms with Crippen molar-refractivity contribution in [2.24, 2.45) is 7.05 Å². The van der Waals surface area contributed by atoms with Crippen LogP contribution in [-0.4, -0.2) is 66.5 Å². The highest BCUT2D eigenvalue weighted by atomic mass is 19.4. The monoisotopic (exact) mass is 593 g/mol. The van der Waals surface area contributed by atoms with Crippen LogP contribution < -0.4 is 15.6 Å². The predicted molar refractivity (Wildman–Crippen MR) is 149 cm³/mol. The predicted octanol–water partition coefficient (Wildman–Crippen LogP) is 3.93. The first-order valence-corrected chi connectivity index (χ1v) is 13.5. The van der Waals surface area contributed by atoms with Crippen molar-refractivity contribution < 1.29 is 22.6 Å². The molecule has 222 valence electrons. The quantitative estimate of drug-likeness (QED) is 0.285. The van der Waals surface area contributed by atoms with E-state index in [1.54, 1.807) is 23.8 Å². The number of nitriles is 1. The van der Waals surface area contributed by atoms with Crippen molar-refractivity contribution in [2.75, 3.05) is 38.2 Å². The van der Waals surface area contributed by atoms with E-state index in [0.29, 0.717) is 37.4 Å². The number of aryl methyl sites for hydroxylation is 2. The maximum atomic E-state index is 13.8. The smallest absolute Gasteiger partial charge is 0.417 e. The van der Waals surface area contributed by atoms with Gasteiger partial charge in [-0.15, -0.1) is 0 Å². The van der Waals surface area contributed by atoms with E-state index in [2.05, 4.69) is 31.4 Å². The molecule has 0 amide bonds. The molecule has 0 spiro atoms. The van der Waals surface area contributed by atoms with Crippen molar-refractivity contribution in [3.8, 4) is 17.6 Å². The molecule has 0 aliphatic carbocycles. The molecule has 0 saturated carbocycles. The Bertz CT molecular complexity index is 1900. The molecular formula is C28H26F3N9O3. The van der Waals surface area contributed by atoms with Gasteiger partial charge in [0.05, 0.1) is 31.2 Å². The highest BCUT2D eigenvalue weighted by Crippen LogP contribution is 2.34. The van der Waals surface area contributed by atoms with Gasteiger partial charge in [-0.3, -0.25) is 9.69 Å². The Hall–Kier alpha value is -4.94. The van der Waals surface area contributed by atoms with E-state index in [9.17, 15) is 23.2 Å². The summed E-state index contributed by atoms with van der Waals surface area (Å²) in [5.74, 6) is 0.574. The molecule has 1 saturated heterocycles. The summed E-state index contributed by atoms with van der Waals surface area (Å²) >= 11 is 0. The van der Waals surface area contributed by atoms with Crippen LogP contribution in [-0.2, 0) is 24.5 Å². The molecule has 1 aliphatic rings. The number of halogens is 3. The van der Waals surface area contributed by atoms with E-state index in [1.165, 1.54) is 17.0 Å². The molecule has 1 aliphatic heterocycles. The Kier molecular flexibility index (Phi) is 7.46. The summed E-state index contributed by atoms with van der Waals surface area (Å²) < 4.78 is 56.9. The summed E-state index contributed by atoms with van der Waals surface area (Å²) in [6, 6.07) is 8.31. The lowest BCUT2D eigenvalue weighted by Gasteiger charge is -2.26. The van der Waals surface area contributed by atoms with Crippen molar-refractivity contribution in [3.63, 3.8) is 0 Å². The Labute approximate surface area is 242 Å². The van der Waals surface area contributed by atoms with Gasteiger partial charge in [0.15, 0.2) is 17.1 Å². The van der Waals surface area contributed by atoms with E-state index >= 15 is 0 Å². The van der Waals surface area contributed by atoms with Gasteiger partial charge in [0, 0.05) is 45.6 Å². The number of hydrogen-bond donors (Lipinski definition) is 1. The minimum absolute atomic E-state index is 0.0309. The molecule has 1 N–H and O–H groups in total. The number of nitrogens with one attached hydrogen (secondary N) is 1. The normalized spacial score (nSPS) is 14.3. The zero-order chi connectivity index (χ0) is 30.1. The molecule has 0 bridgehead atoms. The topological polar surface area (TPSA) is 128 Å². The first-order chi connectivity index (χ1) is 20.7. The summed E-state index contributed by atoms with van der Waals surface area (Å²) in [4.78, 5) is 24.1. The van der Waals surface area contributed by atoms with Gasteiger partial charge >= 0.3 is 6.18 Å². The maximum Gasteiger partial charge on any atom is 0.417 e. The molecule has 0 atom stereocenters. The number of anilines is 2. The van der Waals surface area contributed by atoms with Crippen LogP contribution in [0.4, 0.5) is 24.8 Å². The van der Waals surface area contributed by atoms with E-state index in [1.807, 2.05) is 12.1 Å². The van der Waals surface area contributed by atoms with E-state index in [0.717, 1.165) is 29.9 Å². The van der Waals surface area contributed by atoms with Crippen molar-refractivity contribution >= 4 is 28.3 Å². The highest BCUT2D eigenvalue weighted by molar-refractivity contribution is 5.84. The minimum Gasteiger partial charge on any atom is -0.450 e. The molecule has 6 heterocycles. The van der Waals surface area contributed by atoms with Crippen LogP contribution in [0, 0.1) is 11.3 Å². The number of hydrogen-bond acceptors (Lipinski definition) is 9. The number of fused-ring (bicyclic) bond motifs is 2. The first-order valence-electron chi connectivity index (χ1n) is 13.5. The lowest BCUT2D eigenvalue weighted by atomic mass is 10.2. The summed E-state index contributed by atoms with van der Waals surface area (Å²) in [7, 11) is 1.56. The van der Waals surface area contributed by atoms with E-state index in [4.69, 9.17) is 9.47 Å². The molecule has 1 fully saturated rings. The second kappa shape index (κ2) is 11.4. The Morgan fingerprint density at radius 2 is 1.98 bits per heavy atom. The van der Waals surface area contributed by atoms with Crippen LogP contribution in [0.3, 0.4) is 0 Å². The molecule has 6 rings (SSSR count). The van der Waals surface area contributed by atoms with Gasteiger partial charge in [-0.05, 0) is 24.6 Å². The third-order valence-corrected chi connectivity index (χ3v) is 7.22. The number of rotatable bonds is 8. The van der Waals surface area contributed by atoms with E-state index in [-0.39, 0.29) is 40.7 Å². The van der Waals surface area contributed by atoms with Gasteiger partial charge in [0.2, 0.25) is 5.95 Å². The fraction of sp³-hybridized carbons (Fsp3) is 0.321. The van der Waals surface area contributed by atoms with Crippen LogP contribution in [0.1, 0.15) is 17.5 Å². The highest BCUT2D eigenvalue weighted by Gasteiger charge is 2.32. The molecule has 5 aromatic rings. The fourth-order valence-corrected chi connectivity index (χ4v) is 5.02. The average Bonchev–Trinajstić information content (AvgIpc) is 3.55. The van der Waals surface area contributed by atoms with Crippen LogP contribution in [0.5, 0.6) is 11.5 Å². The van der Waals surface area contributed by atoms with Gasteiger partial charge in [0.25, 0.3) is 5.56 Å². The number of imidazole rings is 1. The Balaban J connectivity index is 1.31. The van der Waals surface area contributed by atoms with Crippen molar-refractivity contribution in [2.45, 2.75) is 19.1 Å². The van der Waals surface area contributed by atoms with Gasteiger partial charge in [0.1, 0.15) is 28.4 Å². The van der Waals surface area contributed by atoms with Gasteiger partial charge < -0.3 is 23.9 Å². The minimum atomic E-state index is -4.68. The number of pyridine rings is 3. The van der Waals surface area contributed by atoms with Crippen LogP contribution in [0.25, 0.3) is 16.7 Å². The summed E-state index contributed by atoms with van der Waals surface area (Å²) in [5.41, 5.74) is -0.714. The Morgan fingerprint density at radius 3 is 2.74 bits per heavy atom. The Morgan fingerprint density at radius 1 is 1.16 bits per heavy atom. The van der Waals surface area contributed by atoms with E-state index < -0.39 is 17.3 Å². The lowest BCUT2D eigenvalue weighted by molar-refractivity contribution is -0.138. The maximum absolute atomic E-state index is 13.8. The van der Waals surface area contributed by atoms with Crippen molar-refractivity contribution in [1.82, 2.24) is 33.6 Å². The molecule has 15 heteroatoms. The molecule has 0 unspecified atom stereocenters. The van der Waals surface area contributed by atoms with Crippen LogP contribution in [0.15, 0.2) is 53.8 Å². The van der Waals surface area contributed by atoms with Gasteiger partial charge in [-0.1, -0.05) is 6.07 Å². The van der Waals surface area contributed by atoms with Crippen molar-refractivity contribution in [3.05, 3.63) is 70.5 Å². The lowest BCUT2D eigenvalue weighted by Crippen LogP contribution is -2.37. The zero-order valence-corrected chi connectivity index (χ0v) is 23.0. The number of aromatic nitrogens is 6. The van der Waals surface area contributed by atoms with Crippen LogP contribution in [0.2, 0.25) is 0 Å². The fourth-order valence-electron chi connectivity index (χ4n) is 5.02. The number of nitrogens with zero attached hydrogens (tertiary/aromatic N) is 8. The standard InChI is InChI=1S/C28H26F3N9O3/c1-37-24-19(14-32)22(43-23-16-34-40-8-3-2-5-21(23)40)15-33-25(24)36-27(37)35-20-13-18(28(29,30)31)17-39(26(20)41)7-4-6-38-9-11-42-12-10-38/h2-3,5,8,13,15-17H,4,6-7,9-12H2,1H3,(H,33,35,36). The SMILES string of the molecule is Cn1c(Nc2cc(C(F)(F)F)cn(CCCN3CCOCC3)c2=O)nc2ncc(Oc3cnn4ccccc34)c(C#N)c21. The van der Waals surface area contributed by atoms with Crippen LogP contribution >= 0.6 is 0 Å². The third-order valence-electron chi connectivity index (χ3n) is 7.22. The first kappa shape index (κ1) is 28.2. The summed E-state index contributed by atoms with van der Waals surface area (Å²) in [6.07, 6.45) is 1.24. The molecular weight excluding hydrogens is 567 g/mol. The van der Waals surface area contributed by atoms with Gasteiger partial charge in [-0.25, -0.2) is 9.50 Å². The summed E-state index contributed by atoms with van der Waals surface area (Å²) in [6.45, 7) is 3.41. The number of alkyl halides is 3. The molecule has 43 heavy (non-hydrogen) atoms. The zero-order valence-electron chi connectivity index (χ0n) is 23.0. The third kappa shape index (κ3) is 5.62. The van der Waals surface area contributed by atoms with Crippen molar-refractivity contribution in [1.29, 1.82) is 5.26 Å².